The number of likely N-dealkylation sites (N-methyl/N-ethyl adjacent to an activating group) is 1. The number of halogens is 2. The molecule has 2 N–H and O–H groups in total. The number of hydrogen-bond donors (Lipinski definition) is 2. The lowest BCUT2D eigenvalue weighted by Crippen LogP contribution is -2.31. The molecule has 5 heteroatoms. The molecule has 0 saturated heterocycles. The summed E-state index contributed by atoms with van der Waals surface area (Å²) in [6.07, 6.45) is 0. The third-order valence-electron chi connectivity index (χ3n) is 1.85. The van der Waals surface area contributed by atoms with E-state index in [0.717, 1.165) is 12.1 Å². The van der Waals surface area contributed by atoms with Crippen LogP contribution in [-0.2, 0) is 0 Å². The summed E-state index contributed by atoms with van der Waals surface area (Å²) in [7, 11) is 1.72. The third kappa shape index (κ3) is 2.99. The molecule has 0 fully saturated rings. The summed E-state index contributed by atoms with van der Waals surface area (Å²) in [5, 5.41) is 5.20. The van der Waals surface area contributed by atoms with Crippen LogP contribution in [0.2, 0.25) is 0 Å². The first-order valence-corrected chi connectivity index (χ1v) is 4.53. The first-order chi connectivity index (χ1) is 7.16. The van der Waals surface area contributed by atoms with Crippen molar-refractivity contribution in [3.63, 3.8) is 0 Å². The van der Waals surface area contributed by atoms with Crippen molar-refractivity contribution in [2.75, 3.05) is 20.1 Å². The topological polar surface area (TPSA) is 41.1 Å². The molecule has 1 rings (SSSR count). The second kappa shape index (κ2) is 5.41. The Balaban J connectivity index is 2.73. The summed E-state index contributed by atoms with van der Waals surface area (Å²) < 4.78 is 26.2. The lowest BCUT2D eigenvalue weighted by atomic mass is 10.2. The first kappa shape index (κ1) is 11.6. The molecule has 0 unspecified atom stereocenters. The molecule has 0 heterocycles. The van der Waals surface area contributed by atoms with Crippen LogP contribution in [0, 0.1) is 11.6 Å². The van der Waals surface area contributed by atoms with Gasteiger partial charge in [-0.05, 0) is 19.2 Å². The van der Waals surface area contributed by atoms with Crippen LogP contribution in [0.4, 0.5) is 8.78 Å². The van der Waals surface area contributed by atoms with Crippen molar-refractivity contribution in [2.45, 2.75) is 0 Å². The van der Waals surface area contributed by atoms with E-state index in [1.54, 1.807) is 7.05 Å². The van der Waals surface area contributed by atoms with Crippen LogP contribution < -0.4 is 10.6 Å². The van der Waals surface area contributed by atoms with Crippen LogP contribution in [0.3, 0.4) is 0 Å². The molecule has 0 bridgehead atoms. The zero-order chi connectivity index (χ0) is 11.3. The maximum atomic E-state index is 13.1. The van der Waals surface area contributed by atoms with E-state index >= 15 is 0 Å². The lowest BCUT2D eigenvalue weighted by molar-refractivity contribution is 0.0945. The predicted molar refractivity (Wildman–Crippen MR) is 52.6 cm³/mol. The molecule has 82 valence electrons. The molecule has 0 aliphatic heterocycles. The quantitative estimate of drug-likeness (QED) is 0.731. The molecule has 0 aliphatic rings. The molecule has 0 aliphatic carbocycles. The minimum absolute atomic E-state index is 0.323. The maximum Gasteiger partial charge on any atom is 0.257 e. The van der Waals surface area contributed by atoms with Crippen LogP contribution in [-0.4, -0.2) is 26.0 Å². The van der Waals surface area contributed by atoms with Crippen LogP contribution >= 0.6 is 0 Å². The Morgan fingerprint density at radius 1 is 1.27 bits per heavy atom. The van der Waals surface area contributed by atoms with E-state index in [1.807, 2.05) is 0 Å². The van der Waals surface area contributed by atoms with Gasteiger partial charge in [0.2, 0.25) is 0 Å². The normalized spacial score (nSPS) is 10.1. The standard InChI is InChI=1S/C10H12F2N2O/c1-13-5-6-14-10(15)9-7(11)3-2-4-8(9)12/h2-4,13H,5-6H2,1H3,(H,14,15). The fourth-order valence-electron chi connectivity index (χ4n) is 1.10. The van der Waals surface area contributed by atoms with Gasteiger partial charge in [-0.1, -0.05) is 6.07 Å². The van der Waals surface area contributed by atoms with E-state index in [4.69, 9.17) is 0 Å². The highest BCUT2D eigenvalue weighted by molar-refractivity contribution is 5.94. The van der Waals surface area contributed by atoms with Crippen molar-refractivity contribution in [3.05, 3.63) is 35.4 Å². The fourth-order valence-corrected chi connectivity index (χ4v) is 1.10. The van der Waals surface area contributed by atoms with Gasteiger partial charge in [0.15, 0.2) is 0 Å². The molecule has 1 amide bonds. The summed E-state index contributed by atoms with van der Waals surface area (Å²) in [4.78, 5) is 11.3. The smallest absolute Gasteiger partial charge is 0.257 e. The van der Waals surface area contributed by atoms with E-state index in [9.17, 15) is 13.6 Å². The summed E-state index contributed by atoms with van der Waals surface area (Å²) in [5.74, 6) is -2.44. The highest BCUT2D eigenvalue weighted by Crippen LogP contribution is 2.11. The fraction of sp³-hybridized carbons (Fsp3) is 0.300. The molecule has 0 aromatic heterocycles. The zero-order valence-electron chi connectivity index (χ0n) is 8.31. The molecule has 0 spiro atoms. The van der Waals surface area contributed by atoms with E-state index in [1.165, 1.54) is 6.07 Å². The van der Waals surface area contributed by atoms with Gasteiger partial charge in [0.25, 0.3) is 5.91 Å². The van der Waals surface area contributed by atoms with Crippen LogP contribution in [0.1, 0.15) is 10.4 Å². The van der Waals surface area contributed by atoms with Gasteiger partial charge >= 0.3 is 0 Å². The number of carbonyl (C=O) groups is 1. The van der Waals surface area contributed by atoms with Gasteiger partial charge in [0.05, 0.1) is 0 Å². The van der Waals surface area contributed by atoms with E-state index in [-0.39, 0.29) is 0 Å². The lowest BCUT2D eigenvalue weighted by Gasteiger charge is -2.06. The van der Waals surface area contributed by atoms with E-state index in [2.05, 4.69) is 10.6 Å². The highest BCUT2D eigenvalue weighted by atomic mass is 19.1. The molecule has 0 saturated carbocycles. The summed E-state index contributed by atoms with van der Waals surface area (Å²) >= 11 is 0. The van der Waals surface area contributed by atoms with Crippen LogP contribution in [0.25, 0.3) is 0 Å². The Morgan fingerprint density at radius 2 is 1.87 bits per heavy atom. The number of carbonyl (C=O) groups excluding carboxylic acids is 1. The summed E-state index contributed by atoms with van der Waals surface area (Å²) in [5.41, 5.74) is -0.534. The van der Waals surface area contributed by atoms with Gasteiger partial charge in [-0.25, -0.2) is 8.78 Å². The van der Waals surface area contributed by atoms with Crippen molar-refractivity contribution in [2.24, 2.45) is 0 Å². The molecule has 1 aromatic carbocycles. The Hall–Kier alpha value is -1.49. The van der Waals surface area contributed by atoms with Gasteiger partial charge in [0, 0.05) is 13.1 Å². The second-order valence-corrected chi connectivity index (χ2v) is 2.96. The highest BCUT2D eigenvalue weighted by Gasteiger charge is 2.15. The van der Waals surface area contributed by atoms with Gasteiger partial charge in [-0.15, -0.1) is 0 Å². The van der Waals surface area contributed by atoms with Crippen molar-refractivity contribution < 1.29 is 13.6 Å². The number of benzene rings is 1. The Kier molecular flexibility index (Phi) is 4.17. The monoisotopic (exact) mass is 214 g/mol. The van der Waals surface area contributed by atoms with Gasteiger partial charge in [-0.3, -0.25) is 4.79 Å². The summed E-state index contributed by atoms with van der Waals surface area (Å²) in [6, 6.07) is 3.32. The molecule has 15 heavy (non-hydrogen) atoms. The SMILES string of the molecule is CNCCNC(=O)c1c(F)cccc1F. The minimum atomic E-state index is -0.850. The van der Waals surface area contributed by atoms with Gasteiger partial charge in [-0.2, -0.15) is 0 Å². The molecular formula is C10H12F2N2O. The predicted octanol–water partition coefficient (Wildman–Crippen LogP) is 0.914. The number of rotatable bonds is 4. The van der Waals surface area contributed by atoms with E-state index in [0.29, 0.717) is 13.1 Å². The zero-order valence-corrected chi connectivity index (χ0v) is 8.31. The number of amides is 1. The average Bonchev–Trinajstić information content (AvgIpc) is 2.18. The van der Waals surface area contributed by atoms with Crippen molar-refractivity contribution in [3.8, 4) is 0 Å². The average molecular weight is 214 g/mol. The Bertz CT molecular complexity index is 335. The van der Waals surface area contributed by atoms with Crippen molar-refractivity contribution in [1.29, 1.82) is 0 Å². The summed E-state index contributed by atoms with van der Waals surface area (Å²) in [6.45, 7) is 0.866. The molecule has 0 atom stereocenters. The third-order valence-corrected chi connectivity index (χ3v) is 1.85. The number of nitrogens with one attached hydrogen (secondary N) is 2. The van der Waals surface area contributed by atoms with Gasteiger partial charge < -0.3 is 10.6 Å². The molecular weight excluding hydrogens is 202 g/mol. The first-order valence-electron chi connectivity index (χ1n) is 4.53. The Morgan fingerprint density at radius 3 is 2.40 bits per heavy atom. The van der Waals surface area contributed by atoms with Crippen LogP contribution in [0.5, 0.6) is 0 Å². The Labute approximate surface area is 86.5 Å². The largest absolute Gasteiger partial charge is 0.351 e. The van der Waals surface area contributed by atoms with Crippen molar-refractivity contribution in [1.82, 2.24) is 10.6 Å². The number of hydrogen-bond acceptors (Lipinski definition) is 2. The molecule has 1 aromatic rings. The molecule has 0 radical (unpaired) electrons. The minimum Gasteiger partial charge on any atom is -0.351 e. The second-order valence-electron chi connectivity index (χ2n) is 2.96. The van der Waals surface area contributed by atoms with Crippen molar-refractivity contribution >= 4 is 5.91 Å². The van der Waals surface area contributed by atoms with E-state index < -0.39 is 23.1 Å². The van der Waals surface area contributed by atoms with Crippen LogP contribution in [0.15, 0.2) is 18.2 Å². The maximum absolute atomic E-state index is 13.1. The van der Waals surface area contributed by atoms with Gasteiger partial charge in [0.1, 0.15) is 17.2 Å². The molecule has 3 nitrogen and oxygen atoms in total.